The Balaban J connectivity index is 2.39. The van der Waals surface area contributed by atoms with Crippen molar-refractivity contribution in [2.75, 3.05) is 20.2 Å². The van der Waals surface area contributed by atoms with E-state index in [0.29, 0.717) is 0 Å². The second-order valence-corrected chi connectivity index (χ2v) is 9.46. The average Bonchev–Trinajstić information content (AvgIpc) is 2.53. The number of carbonyl (C=O) groups excluding carboxylic acids is 2. The number of halogens is 3. The molecular weight excluding hydrogens is 417 g/mol. The molecule has 0 aromatic heterocycles. The first-order valence-electron chi connectivity index (χ1n) is 9.71. The third-order valence-electron chi connectivity index (χ3n) is 4.37. The minimum Gasteiger partial charge on any atom is -0.496 e. The van der Waals surface area contributed by atoms with Crippen LogP contribution in [0.5, 0.6) is 5.75 Å². The number of carbonyl (C=O) groups is 2. The maximum atomic E-state index is 13.5. The molecule has 10 heteroatoms. The fraction of sp³-hybridized carbons (Fsp3) is 0.619. The standard InChI is InChI=1S/C21H29F3N2O5/c1-18(2,3)30-16(27)25-20(11-26(12-20)17(28)31-19(4,5)6)13-8-9-15(29-7)14(10-13)21(22,23)24/h8-10H,11-12H2,1-7H3,(H,25,27). The highest BCUT2D eigenvalue weighted by atomic mass is 19.4. The van der Waals surface area contributed by atoms with Crippen LogP contribution < -0.4 is 10.1 Å². The van der Waals surface area contributed by atoms with Crippen molar-refractivity contribution >= 4 is 12.2 Å². The van der Waals surface area contributed by atoms with Crippen molar-refractivity contribution in [2.24, 2.45) is 0 Å². The van der Waals surface area contributed by atoms with E-state index in [1.54, 1.807) is 41.5 Å². The Morgan fingerprint density at radius 2 is 1.55 bits per heavy atom. The van der Waals surface area contributed by atoms with Gasteiger partial charge in [-0.15, -0.1) is 0 Å². The van der Waals surface area contributed by atoms with Crippen molar-refractivity contribution in [1.29, 1.82) is 0 Å². The highest BCUT2D eigenvalue weighted by Crippen LogP contribution is 2.41. The molecule has 0 spiro atoms. The Morgan fingerprint density at radius 3 is 2.00 bits per heavy atom. The predicted molar refractivity (Wildman–Crippen MR) is 107 cm³/mol. The van der Waals surface area contributed by atoms with Crippen molar-refractivity contribution in [3.8, 4) is 5.75 Å². The fourth-order valence-corrected chi connectivity index (χ4v) is 3.12. The van der Waals surface area contributed by atoms with Crippen LogP contribution in [-0.2, 0) is 21.2 Å². The van der Waals surface area contributed by atoms with E-state index in [4.69, 9.17) is 14.2 Å². The smallest absolute Gasteiger partial charge is 0.419 e. The molecule has 0 aliphatic carbocycles. The van der Waals surface area contributed by atoms with Crippen molar-refractivity contribution < 1.29 is 37.0 Å². The van der Waals surface area contributed by atoms with Crippen LogP contribution in [0.15, 0.2) is 18.2 Å². The summed E-state index contributed by atoms with van der Waals surface area (Å²) in [6, 6.07) is 3.54. The molecule has 1 aliphatic heterocycles. The molecule has 174 valence electrons. The number of nitrogens with zero attached hydrogens (tertiary/aromatic N) is 1. The number of benzene rings is 1. The Hall–Kier alpha value is -2.65. The zero-order chi connectivity index (χ0) is 23.8. The Labute approximate surface area is 179 Å². The summed E-state index contributed by atoms with van der Waals surface area (Å²) in [4.78, 5) is 26.1. The molecule has 31 heavy (non-hydrogen) atoms. The van der Waals surface area contributed by atoms with Gasteiger partial charge in [0.05, 0.1) is 25.8 Å². The summed E-state index contributed by atoms with van der Waals surface area (Å²) >= 11 is 0. The lowest BCUT2D eigenvalue weighted by Crippen LogP contribution is -2.69. The number of ether oxygens (including phenoxy) is 3. The zero-order valence-electron chi connectivity index (χ0n) is 18.8. The largest absolute Gasteiger partial charge is 0.496 e. The van der Waals surface area contributed by atoms with Crippen molar-refractivity contribution in [1.82, 2.24) is 10.2 Å². The van der Waals surface area contributed by atoms with Gasteiger partial charge in [-0.3, -0.25) is 0 Å². The summed E-state index contributed by atoms with van der Waals surface area (Å²) in [5, 5.41) is 2.65. The number of alkyl halides is 3. The summed E-state index contributed by atoms with van der Waals surface area (Å²) in [6.07, 6.45) is -6.09. The van der Waals surface area contributed by atoms with E-state index in [0.717, 1.165) is 13.2 Å². The van der Waals surface area contributed by atoms with E-state index >= 15 is 0 Å². The van der Waals surface area contributed by atoms with Crippen LogP contribution in [0, 0.1) is 0 Å². The lowest BCUT2D eigenvalue weighted by molar-refractivity contribution is -0.138. The zero-order valence-corrected chi connectivity index (χ0v) is 18.8. The number of nitrogens with one attached hydrogen (secondary N) is 1. The van der Waals surface area contributed by atoms with Crippen LogP contribution in [0.4, 0.5) is 22.8 Å². The highest BCUT2D eigenvalue weighted by molar-refractivity contribution is 5.73. The predicted octanol–water partition coefficient (Wildman–Crippen LogP) is 4.68. The van der Waals surface area contributed by atoms with E-state index in [2.05, 4.69) is 5.32 Å². The summed E-state index contributed by atoms with van der Waals surface area (Å²) < 4.78 is 56.0. The molecule has 1 aromatic carbocycles. The number of hydrogen-bond donors (Lipinski definition) is 1. The van der Waals surface area contributed by atoms with E-state index in [1.165, 1.54) is 17.0 Å². The molecule has 1 fully saturated rings. The van der Waals surface area contributed by atoms with E-state index in [9.17, 15) is 22.8 Å². The molecular formula is C21H29F3N2O5. The molecule has 0 unspecified atom stereocenters. The summed E-state index contributed by atoms with van der Waals surface area (Å²) in [5.41, 5.74) is -3.63. The third kappa shape index (κ3) is 6.18. The minimum absolute atomic E-state index is 0.0786. The summed E-state index contributed by atoms with van der Waals surface area (Å²) in [7, 11) is 1.15. The Morgan fingerprint density at radius 1 is 1.00 bits per heavy atom. The van der Waals surface area contributed by atoms with Crippen molar-refractivity contribution in [2.45, 2.75) is 64.5 Å². The molecule has 1 saturated heterocycles. The highest BCUT2D eigenvalue weighted by Gasteiger charge is 2.50. The summed E-state index contributed by atoms with van der Waals surface area (Å²) in [6.45, 7) is 9.96. The SMILES string of the molecule is COc1ccc(C2(NC(=O)OC(C)(C)C)CN(C(=O)OC(C)(C)C)C2)cc1C(F)(F)F. The molecule has 2 rings (SSSR count). The molecule has 0 radical (unpaired) electrons. The number of likely N-dealkylation sites (tertiary alicyclic amines) is 1. The molecule has 1 aromatic rings. The van der Waals surface area contributed by atoms with Crippen molar-refractivity contribution in [3.63, 3.8) is 0 Å². The number of alkyl carbamates (subject to hydrolysis) is 1. The number of methoxy groups -OCH3 is 1. The lowest BCUT2D eigenvalue weighted by atomic mass is 9.81. The second kappa shape index (κ2) is 8.12. The third-order valence-corrected chi connectivity index (χ3v) is 4.37. The normalized spacial score (nSPS) is 16.3. The monoisotopic (exact) mass is 446 g/mol. The molecule has 7 nitrogen and oxygen atoms in total. The van der Waals surface area contributed by atoms with Crippen molar-refractivity contribution in [3.05, 3.63) is 29.3 Å². The maximum absolute atomic E-state index is 13.5. The van der Waals surface area contributed by atoms with Gasteiger partial charge in [0, 0.05) is 0 Å². The quantitative estimate of drug-likeness (QED) is 0.729. The van der Waals surface area contributed by atoms with E-state index in [1.807, 2.05) is 0 Å². The van der Waals surface area contributed by atoms with Gasteiger partial charge in [-0.2, -0.15) is 13.2 Å². The molecule has 1 N–H and O–H groups in total. The summed E-state index contributed by atoms with van der Waals surface area (Å²) in [5.74, 6) is -0.341. The van der Waals surface area contributed by atoms with Crippen LogP contribution in [0.2, 0.25) is 0 Å². The maximum Gasteiger partial charge on any atom is 0.419 e. The fourth-order valence-electron chi connectivity index (χ4n) is 3.12. The second-order valence-electron chi connectivity index (χ2n) is 9.46. The van der Waals surface area contributed by atoms with Crippen LogP contribution in [0.3, 0.4) is 0 Å². The van der Waals surface area contributed by atoms with Gasteiger partial charge < -0.3 is 24.4 Å². The van der Waals surface area contributed by atoms with Crippen LogP contribution in [-0.4, -0.2) is 48.5 Å². The van der Waals surface area contributed by atoms with Gasteiger partial charge in [-0.1, -0.05) is 6.07 Å². The van der Waals surface area contributed by atoms with Gasteiger partial charge in [0.15, 0.2) is 0 Å². The minimum atomic E-state index is -4.66. The number of amides is 2. The molecule has 0 saturated carbocycles. The van der Waals surface area contributed by atoms with Gasteiger partial charge in [0.25, 0.3) is 0 Å². The van der Waals surface area contributed by atoms with Gasteiger partial charge in [-0.05, 0) is 59.2 Å². The lowest BCUT2D eigenvalue weighted by Gasteiger charge is -2.50. The first-order chi connectivity index (χ1) is 14.0. The average molecular weight is 446 g/mol. The van der Waals surface area contributed by atoms with Crippen LogP contribution in [0.1, 0.15) is 52.7 Å². The first-order valence-corrected chi connectivity index (χ1v) is 9.71. The van der Waals surface area contributed by atoms with Gasteiger partial charge in [0.2, 0.25) is 0 Å². The van der Waals surface area contributed by atoms with Gasteiger partial charge in [-0.25, -0.2) is 9.59 Å². The Kier molecular flexibility index (Phi) is 6.45. The van der Waals surface area contributed by atoms with E-state index < -0.39 is 40.7 Å². The molecule has 0 atom stereocenters. The first kappa shape index (κ1) is 24.6. The van der Waals surface area contributed by atoms with Crippen LogP contribution in [0.25, 0.3) is 0 Å². The topological polar surface area (TPSA) is 77.1 Å². The molecule has 1 heterocycles. The number of hydrogen-bond acceptors (Lipinski definition) is 5. The van der Waals surface area contributed by atoms with Crippen LogP contribution >= 0.6 is 0 Å². The van der Waals surface area contributed by atoms with Gasteiger partial charge in [0.1, 0.15) is 22.5 Å². The Bertz CT molecular complexity index is 835. The molecule has 2 amide bonds. The van der Waals surface area contributed by atoms with Gasteiger partial charge >= 0.3 is 18.4 Å². The number of rotatable bonds is 3. The molecule has 0 bridgehead atoms. The molecule has 1 aliphatic rings. The van der Waals surface area contributed by atoms with E-state index in [-0.39, 0.29) is 24.4 Å².